The zero-order valence-electron chi connectivity index (χ0n) is 16.3. The van der Waals surface area contributed by atoms with Gasteiger partial charge in [0.1, 0.15) is 17.2 Å². The Morgan fingerprint density at radius 1 is 0.848 bits per heavy atom. The molecule has 0 saturated carbocycles. The van der Waals surface area contributed by atoms with Crippen molar-refractivity contribution in [3.8, 4) is 0 Å². The molecule has 172 valence electrons. The summed E-state index contributed by atoms with van der Waals surface area (Å²) in [6.45, 7) is 0. The predicted octanol–water partition coefficient (Wildman–Crippen LogP) is 6.72. The number of urea groups is 1. The Labute approximate surface area is 193 Å². The molecule has 3 amide bonds. The maximum Gasteiger partial charge on any atom is 0.417 e. The van der Waals surface area contributed by atoms with E-state index in [0.29, 0.717) is 11.9 Å². The molecular weight excluding hydrogens is 489 g/mol. The van der Waals surface area contributed by atoms with Crippen LogP contribution in [0, 0.1) is 11.6 Å². The quantitative estimate of drug-likeness (QED) is 0.268. The van der Waals surface area contributed by atoms with Crippen LogP contribution in [-0.2, 0) is 6.18 Å². The smallest absolute Gasteiger partial charge is 0.322 e. The van der Waals surface area contributed by atoms with E-state index in [1.165, 1.54) is 30.3 Å². The molecule has 0 heterocycles. The van der Waals surface area contributed by atoms with Gasteiger partial charge in [-0.1, -0.05) is 17.7 Å². The van der Waals surface area contributed by atoms with Crippen molar-refractivity contribution in [2.75, 3.05) is 10.6 Å². The molecule has 3 N–H and O–H groups in total. The number of amides is 3. The summed E-state index contributed by atoms with van der Waals surface area (Å²) < 4.78 is 68.4. The molecule has 0 radical (unpaired) electrons. The number of halogens is 6. The van der Waals surface area contributed by atoms with Crippen LogP contribution in [0.25, 0.3) is 0 Å². The number of hydrogen-bond acceptors (Lipinski definition) is 3. The lowest BCUT2D eigenvalue weighted by Gasteiger charge is -2.11. The molecule has 0 aromatic heterocycles. The van der Waals surface area contributed by atoms with Crippen LogP contribution in [0.5, 0.6) is 0 Å². The summed E-state index contributed by atoms with van der Waals surface area (Å²) in [7, 11) is 0. The van der Waals surface area contributed by atoms with Gasteiger partial charge < -0.3 is 10.6 Å². The molecule has 0 aliphatic heterocycles. The Balaban J connectivity index is 1.57. The lowest BCUT2D eigenvalue weighted by Crippen LogP contribution is -2.22. The number of carbonyl (C=O) groups excluding carboxylic acids is 2. The number of carbonyl (C=O) groups is 2. The molecule has 33 heavy (non-hydrogen) atoms. The van der Waals surface area contributed by atoms with Gasteiger partial charge in [-0.15, -0.1) is 0 Å². The van der Waals surface area contributed by atoms with Gasteiger partial charge in [0.2, 0.25) is 0 Å². The van der Waals surface area contributed by atoms with Crippen LogP contribution >= 0.6 is 23.5 Å². The van der Waals surface area contributed by atoms with Gasteiger partial charge in [0.05, 0.1) is 10.6 Å². The fourth-order valence-electron chi connectivity index (χ4n) is 2.59. The monoisotopic (exact) mass is 501 g/mol. The second-order valence-corrected chi connectivity index (χ2v) is 7.71. The van der Waals surface area contributed by atoms with E-state index in [0.717, 1.165) is 30.3 Å². The van der Waals surface area contributed by atoms with Crippen LogP contribution < -0.4 is 15.4 Å². The maximum atomic E-state index is 13.7. The van der Waals surface area contributed by atoms with Gasteiger partial charge in [-0.05, 0) is 66.5 Å². The first-order chi connectivity index (χ1) is 15.5. The van der Waals surface area contributed by atoms with Gasteiger partial charge in [-0.25, -0.2) is 13.6 Å². The van der Waals surface area contributed by atoms with Crippen LogP contribution in [0.4, 0.5) is 38.1 Å². The second-order valence-electron chi connectivity index (χ2n) is 6.43. The molecule has 0 aliphatic rings. The van der Waals surface area contributed by atoms with Crippen molar-refractivity contribution in [3.05, 3.63) is 88.4 Å². The standard InChI is InChI=1S/C21H13ClF5N3O2S/c22-15-9-8-13(10-14(15)21(25,26)27)33-30-20(32)29-12-6-4-11(5-7-12)28-19(31)18-16(23)2-1-3-17(18)24/h1-10H,(H,28,31)(H2,29,30,32). The minimum atomic E-state index is -4.63. The zero-order chi connectivity index (χ0) is 24.2. The Kier molecular flexibility index (Phi) is 7.44. The highest BCUT2D eigenvalue weighted by atomic mass is 35.5. The first kappa shape index (κ1) is 24.3. The number of nitrogens with one attached hydrogen (secondary N) is 3. The SMILES string of the molecule is O=C(NSc1ccc(Cl)c(C(F)(F)F)c1)Nc1ccc(NC(=O)c2c(F)cccc2F)cc1. The minimum Gasteiger partial charge on any atom is -0.322 e. The number of rotatable bonds is 5. The minimum absolute atomic E-state index is 0.111. The number of benzene rings is 3. The average molecular weight is 502 g/mol. The van der Waals surface area contributed by atoms with Crippen LogP contribution in [0.15, 0.2) is 65.6 Å². The average Bonchev–Trinajstić information content (AvgIpc) is 2.73. The summed E-state index contributed by atoms with van der Waals surface area (Å²) in [4.78, 5) is 24.2. The molecule has 3 aromatic rings. The molecule has 12 heteroatoms. The molecule has 3 aromatic carbocycles. The van der Waals surface area contributed by atoms with E-state index in [-0.39, 0.29) is 16.3 Å². The van der Waals surface area contributed by atoms with Gasteiger partial charge in [0.15, 0.2) is 0 Å². The number of alkyl halides is 3. The maximum absolute atomic E-state index is 13.7. The summed E-state index contributed by atoms with van der Waals surface area (Å²) in [5.74, 6) is -3.01. The number of anilines is 2. The molecule has 0 fully saturated rings. The summed E-state index contributed by atoms with van der Waals surface area (Å²) in [5, 5.41) is 4.32. The zero-order valence-corrected chi connectivity index (χ0v) is 17.8. The summed E-state index contributed by atoms with van der Waals surface area (Å²) >= 11 is 6.20. The van der Waals surface area contributed by atoms with Gasteiger partial charge in [-0.3, -0.25) is 9.52 Å². The highest BCUT2D eigenvalue weighted by Gasteiger charge is 2.33. The first-order valence-electron chi connectivity index (χ1n) is 9.00. The van der Waals surface area contributed by atoms with E-state index in [1.54, 1.807) is 0 Å². The van der Waals surface area contributed by atoms with Crippen LogP contribution in [-0.4, -0.2) is 11.9 Å². The first-order valence-corrected chi connectivity index (χ1v) is 10.2. The molecule has 0 bridgehead atoms. The second kappa shape index (κ2) is 10.1. The lowest BCUT2D eigenvalue weighted by molar-refractivity contribution is -0.137. The van der Waals surface area contributed by atoms with Crippen molar-refractivity contribution in [1.82, 2.24) is 4.72 Å². The van der Waals surface area contributed by atoms with Crippen LogP contribution in [0.3, 0.4) is 0 Å². The largest absolute Gasteiger partial charge is 0.417 e. The summed E-state index contributed by atoms with van der Waals surface area (Å²) in [5.41, 5.74) is -1.25. The van der Waals surface area contributed by atoms with E-state index in [2.05, 4.69) is 15.4 Å². The van der Waals surface area contributed by atoms with Crippen molar-refractivity contribution in [1.29, 1.82) is 0 Å². The van der Waals surface area contributed by atoms with E-state index in [4.69, 9.17) is 11.6 Å². The predicted molar refractivity (Wildman–Crippen MR) is 115 cm³/mol. The third kappa shape index (κ3) is 6.36. The lowest BCUT2D eigenvalue weighted by atomic mass is 10.1. The van der Waals surface area contributed by atoms with Crippen molar-refractivity contribution < 1.29 is 31.5 Å². The Bertz CT molecular complexity index is 1170. The van der Waals surface area contributed by atoms with Crippen LogP contribution in [0.2, 0.25) is 5.02 Å². The van der Waals surface area contributed by atoms with Crippen molar-refractivity contribution in [3.63, 3.8) is 0 Å². The molecule has 3 rings (SSSR count). The molecule has 5 nitrogen and oxygen atoms in total. The molecule has 0 atom stereocenters. The van der Waals surface area contributed by atoms with Crippen molar-refractivity contribution >= 4 is 46.9 Å². The number of hydrogen-bond donors (Lipinski definition) is 3. The van der Waals surface area contributed by atoms with Gasteiger partial charge in [0.25, 0.3) is 5.91 Å². The highest BCUT2D eigenvalue weighted by molar-refractivity contribution is 7.98. The molecule has 0 spiro atoms. The van der Waals surface area contributed by atoms with Gasteiger partial charge >= 0.3 is 12.2 Å². The van der Waals surface area contributed by atoms with Crippen molar-refractivity contribution in [2.45, 2.75) is 11.1 Å². The van der Waals surface area contributed by atoms with Gasteiger partial charge in [-0.2, -0.15) is 13.2 Å². The molecule has 0 saturated heterocycles. The molecular formula is C21H13ClF5N3O2S. The van der Waals surface area contributed by atoms with E-state index in [1.807, 2.05) is 0 Å². The topological polar surface area (TPSA) is 70.2 Å². The fraction of sp³-hybridized carbons (Fsp3) is 0.0476. The molecule has 0 unspecified atom stereocenters. The Morgan fingerprint density at radius 2 is 1.42 bits per heavy atom. The third-order valence-electron chi connectivity index (χ3n) is 4.10. The Morgan fingerprint density at radius 3 is 2.00 bits per heavy atom. The molecule has 0 aliphatic carbocycles. The van der Waals surface area contributed by atoms with E-state index >= 15 is 0 Å². The fourth-order valence-corrected chi connectivity index (χ4v) is 3.39. The van der Waals surface area contributed by atoms with Crippen LogP contribution in [0.1, 0.15) is 15.9 Å². The Hall–Kier alpha value is -3.31. The third-order valence-corrected chi connectivity index (χ3v) is 5.20. The van der Waals surface area contributed by atoms with E-state index < -0.39 is 45.9 Å². The summed E-state index contributed by atoms with van der Waals surface area (Å²) in [6.07, 6.45) is -4.63. The normalized spacial score (nSPS) is 11.1. The highest BCUT2D eigenvalue weighted by Crippen LogP contribution is 2.36. The van der Waals surface area contributed by atoms with Gasteiger partial charge in [0, 0.05) is 16.3 Å². The summed E-state index contributed by atoms with van der Waals surface area (Å²) in [6, 6.07) is 11.1. The van der Waals surface area contributed by atoms with E-state index in [9.17, 15) is 31.5 Å². The van der Waals surface area contributed by atoms with Crippen molar-refractivity contribution in [2.24, 2.45) is 0 Å².